The lowest BCUT2D eigenvalue weighted by Gasteiger charge is -2.16. The molecular formula is C22H19F2NO6. The largest absolute Gasteiger partial charge is 0.496 e. The highest BCUT2D eigenvalue weighted by Crippen LogP contribution is 2.40. The van der Waals surface area contributed by atoms with Gasteiger partial charge >= 0.3 is 12.6 Å². The molecule has 1 heterocycles. The normalized spacial score (nSPS) is 13.3. The average Bonchev–Trinajstić information content (AvgIpc) is 3.42. The average molecular weight is 431 g/mol. The summed E-state index contributed by atoms with van der Waals surface area (Å²) in [5, 5.41) is 3.41. The molecule has 2 aromatic carbocycles. The van der Waals surface area contributed by atoms with Gasteiger partial charge in [0.25, 0.3) is 5.91 Å². The van der Waals surface area contributed by atoms with Gasteiger partial charge in [-0.2, -0.15) is 8.78 Å². The molecule has 0 bridgehead atoms. The molecule has 0 radical (unpaired) electrons. The van der Waals surface area contributed by atoms with Crippen LogP contribution in [0, 0.1) is 0 Å². The molecule has 1 fully saturated rings. The van der Waals surface area contributed by atoms with E-state index in [1.807, 2.05) is 0 Å². The minimum atomic E-state index is -3.13. The number of fused-ring (bicyclic) bond motifs is 1. The van der Waals surface area contributed by atoms with E-state index < -0.39 is 18.5 Å². The zero-order chi connectivity index (χ0) is 22.1. The summed E-state index contributed by atoms with van der Waals surface area (Å²) in [5.41, 5.74) is 1.35. The van der Waals surface area contributed by atoms with E-state index in [0.29, 0.717) is 27.8 Å². The topological polar surface area (TPSA) is 87.0 Å². The van der Waals surface area contributed by atoms with Gasteiger partial charge in [-0.3, -0.25) is 9.59 Å². The van der Waals surface area contributed by atoms with Crippen molar-refractivity contribution in [2.75, 3.05) is 7.11 Å². The van der Waals surface area contributed by atoms with Crippen LogP contribution in [0.1, 0.15) is 30.1 Å². The minimum absolute atomic E-state index is 0.0283. The summed E-state index contributed by atoms with van der Waals surface area (Å²) in [6.07, 6.45) is 3.12. The van der Waals surface area contributed by atoms with Crippen LogP contribution in [-0.4, -0.2) is 31.6 Å². The van der Waals surface area contributed by atoms with Crippen molar-refractivity contribution in [3.8, 4) is 28.4 Å². The number of carbonyl (C=O) groups is 2. The first-order chi connectivity index (χ1) is 14.9. The molecule has 0 saturated heterocycles. The van der Waals surface area contributed by atoms with Crippen LogP contribution in [0.5, 0.6) is 17.2 Å². The first-order valence-electron chi connectivity index (χ1n) is 9.53. The summed E-state index contributed by atoms with van der Waals surface area (Å²) in [6, 6.07) is 7.76. The number of methoxy groups -OCH3 is 1. The van der Waals surface area contributed by atoms with Crippen LogP contribution in [0.15, 0.2) is 41.0 Å². The van der Waals surface area contributed by atoms with E-state index in [0.717, 1.165) is 12.8 Å². The molecule has 1 N–H and O–H groups in total. The molecule has 7 nitrogen and oxygen atoms in total. The standard InChI is InChI=1S/C22H19F2NO6/c1-11(26)30-14-5-6-15-16(10-29-17(15)9-14)12-7-18(28-2)20(19(8-12)31-22(23)24)21(27)25-13-3-4-13/h5-10,13,22H,3-4H2,1-2H3,(H,25,27). The van der Waals surface area contributed by atoms with Crippen LogP contribution < -0.4 is 19.5 Å². The van der Waals surface area contributed by atoms with Crippen LogP contribution in [-0.2, 0) is 4.79 Å². The maximum atomic E-state index is 13.1. The van der Waals surface area contributed by atoms with Crippen molar-refractivity contribution < 1.29 is 37.0 Å². The van der Waals surface area contributed by atoms with Gasteiger partial charge in [-0.05, 0) is 42.7 Å². The fourth-order valence-electron chi connectivity index (χ4n) is 3.27. The van der Waals surface area contributed by atoms with Crippen LogP contribution in [0.2, 0.25) is 0 Å². The Bertz CT molecular complexity index is 1150. The quantitative estimate of drug-likeness (QED) is 0.437. The fraction of sp³-hybridized carbons (Fsp3) is 0.273. The summed E-state index contributed by atoms with van der Waals surface area (Å²) >= 11 is 0. The van der Waals surface area contributed by atoms with Gasteiger partial charge in [0.1, 0.15) is 28.4 Å². The van der Waals surface area contributed by atoms with Gasteiger partial charge in [-0.1, -0.05) is 0 Å². The maximum Gasteiger partial charge on any atom is 0.387 e. The second kappa shape index (κ2) is 8.25. The molecule has 3 aromatic rings. The third kappa shape index (κ3) is 4.45. The van der Waals surface area contributed by atoms with E-state index in [4.69, 9.17) is 13.9 Å². The second-order valence-electron chi connectivity index (χ2n) is 7.08. The molecule has 0 unspecified atom stereocenters. The number of ether oxygens (including phenoxy) is 3. The number of amides is 1. The van der Waals surface area contributed by atoms with Crippen LogP contribution in [0.4, 0.5) is 8.78 Å². The number of nitrogens with one attached hydrogen (secondary N) is 1. The summed E-state index contributed by atoms with van der Waals surface area (Å²) in [5.74, 6) is -0.896. The summed E-state index contributed by atoms with van der Waals surface area (Å²) in [4.78, 5) is 23.8. The molecule has 1 aliphatic carbocycles. The number of benzene rings is 2. The second-order valence-corrected chi connectivity index (χ2v) is 7.08. The van der Waals surface area contributed by atoms with Gasteiger partial charge in [0, 0.05) is 30.0 Å². The molecule has 31 heavy (non-hydrogen) atoms. The van der Waals surface area contributed by atoms with Crippen molar-refractivity contribution in [2.24, 2.45) is 0 Å². The molecule has 1 aromatic heterocycles. The van der Waals surface area contributed by atoms with E-state index in [2.05, 4.69) is 10.1 Å². The number of halogens is 2. The van der Waals surface area contributed by atoms with Gasteiger partial charge in [0.05, 0.1) is 13.4 Å². The van der Waals surface area contributed by atoms with E-state index in [1.165, 1.54) is 26.4 Å². The molecule has 0 aliphatic heterocycles. The van der Waals surface area contributed by atoms with Gasteiger partial charge in [-0.15, -0.1) is 0 Å². The molecule has 9 heteroatoms. The van der Waals surface area contributed by atoms with Gasteiger partial charge in [0.15, 0.2) is 0 Å². The highest BCUT2D eigenvalue weighted by Gasteiger charge is 2.29. The maximum absolute atomic E-state index is 13.1. The van der Waals surface area contributed by atoms with E-state index in [9.17, 15) is 18.4 Å². The molecule has 162 valence electrons. The Morgan fingerprint density at radius 1 is 1.16 bits per heavy atom. The lowest BCUT2D eigenvalue weighted by Crippen LogP contribution is -2.26. The van der Waals surface area contributed by atoms with Gasteiger partial charge in [0.2, 0.25) is 0 Å². The number of alkyl halides is 2. The zero-order valence-electron chi connectivity index (χ0n) is 16.7. The molecule has 1 amide bonds. The van der Waals surface area contributed by atoms with Crippen molar-refractivity contribution in [1.82, 2.24) is 5.32 Å². The first kappa shape index (κ1) is 20.6. The Kier molecular flexibility index (Phi) is 5.50. The first-order valence-corrected chi connectivity index (χ1v) is 9.53. The number of furan rings is 1. The summed E-state index contributed by atoms with van der Waals surface area (Å²) in [7, 11) is 1.35. The molecule has 0 spiro atoms. The molecular weight excluding hydrogens is 412 g/mol. The number of hydrogen-bond donors (Lipinski definition) is 1. The van der Waals surface area contributed by atoms with Crippen molar-refractivity contribution in [1.29, 1.82) is 0 Å². The molecule has 1 saturated carbocycles. The summed E-state index contributed by atoms with van der Waals surface area (Å²) in [6.45, 7) is -1.84. The number of carbonyl (C=O) groups excluding carboxylic acids is 2. The predicted molar refractivity (Wildman–Crippen MR) is 107 cm³/mol. The van der Waals surface area contributed by atoms with Crippen molar-refractivity contribution in [2.45, 2.75) is 32.4 Å². The Labute approximate surface area is 175 Å². The zero-order valence-corrected chi connectivity index (χ0v) is 16.7. The van der Waals surface area contributed by atoms with E-state index in [1.54, 1.807) is 24.3 Å². The third-order valence-electron chi connectivity index (χ3n) is 4.76. The van der Waals surface area contributed by atoms with Gasteiger partial charge < -0.3 is 23.9 Å². The van der Waals surface area contributed by atoms with Crippen molar-refractivity contribution >= 4 is 22.8 Å². The monoisotopic (exact) mass is 431 g/mol. The van der Waals surface area contributed by atoms with Crippen molar-refractivity contribution in [3.63, 3.8) is 0 Å². The Balaban J connectivity index is 1.79. The van der Waals surface area contributed by atoms with E-state index in [-0.39, 0.29) is 23.1 Å². The Hall–Kier alpha value is -3.62. The van der Waals surface area contributed by atoms with Crippen LogP contribution >= 0.6 is 0 Å². The number of rotatable bonds is 7. The van der Waals surface area contributed by atoms with Crippen LogP contribution in [0.25, 0.3) is 22.1 Å². The van der Waals surface area contributed by atoms with E-state index >= 15 is 0 Å². The summed E-state index contributed by atoms with van der Waals surface area (Å²) < 4.78 is 46.8. The lowest BCUT2D eigenvalue weighted by atomic mass is 10.0. The smallest absolute Gasteiger partial charge is 0.387 e. The number of hydrogen-bond acceptors (Lipinski definition) is 6. The Morgan fingerprint density at radius 3 is 2.55 bits per heavy atom. The van der Waals surface area contributed by atoms with Crippen LogP contribution in [0.3, 0.4) is 0 Å². The van der Waals surface area contributed by atoms with Crippen molar-refractivity contribution in [3.05, 3.63) is 42.2 Å². The Morgan fingerprint density at radius 2 is 1.90 bits per heavy atom. The third-order valence-corrected chi connectivity index (χ3v) is 4.76. The SMILES string of the molecule is COc1cc(-c2coc3cc(OC(C)=O)ccc23)cc(OC(F)F)c1C(=O)NC1CC1. The minimum Gasteiger partial charge on any atom is -0.496 e. The molecule has 0 atom stereocenters. The lowest BCUT2D eigenvalue weighted by molar-refractivity contribution is -0.131. The highest BCUT2D eigenvalue weighted by atomic mass is 19.3. The molecule has 1 aliphatic rings. The highest BCUT2D eigenvalue weighted by molar-refractivity contribution is 6.02. The van der Waals surface area contributed by atoms with Gasteiger partial charge in [-0.25, -0.2) is 0 Å². The number of esters is 1. The predicted octanol–water partition coefficient (Wildman–Crippen LogP) is 4.53. The molecule has 4 rings (SSSR count). The fourth-order valence-corrected chi connectivity index (χ4v) is 3.27.